The summed E-state index contributed by atoms with van der Waals surface area (Å²) < 4.78 is 3.95. The summed E-state index contributed by atoms with van der Waals surface area (Å²) in [6, 6.07) is 8.67. The van der Waals surface area contributed by atoms with E-state index in [-0.39, 0.29) is 0 Å². The molecule has 2 heterocycles. The highest BCUT2D eigenvalue weighted by Crippen LogP contribution is 2.32. The number of hydrogen-bond acceptors (Lipinski definition) is 8. The van der Waals surface area contributed by atoms with Crippen molar-refractivity contribution in [2.24, 2.45) is 0 Å². The average molecular weight is 435 g/mol. The first-order valence-corrected chi connectivity index (χ1v) is 11.2. The van der Waals surface area contributed by atoms with Crippen molar-refractivity contribution in [2.45, 2.75) is 21.3 Å². The largest absolute Gasteiger partial charge is 0.145 e. The molecule has 2 aromatic heterocycles. The lowest BCUT2D eigenvalue weighted by molar-refractivity contribution is 1.15. The Labute approximate surface area is 166 Å². The van der Waals surface area contributed by atoms with Gasteiger partial charge in [-0.1, -0.05) is 48.7 Å². The van der Waals surface area contributed by atoms with Crippen LogP contribution in [0, 0.1) is 6.28 Å². The normalized spacial score (nSPS) is 11.0. The predicted molar refractivity (Wildman–Crippen MR) is 113 cm³/mol. The van der Waals surface area contributed by atoms with E-state index in [0.29, 0.717) is 0 Å². The van der Waals surface area contributed by atoms with Crippen LogP contribution in [0.5, 0.6) is 0 Å². The molecule has 8 heteroatoms. The topological polar surface area (TPSA) is 0 Å². The van der Waals surface area contributed by atoms with Gasteiger partial charge in [-0.15, -0.1) is 70.6 Å². The molecule has 0 aliphatic carbocycles. The third-order valence-corrected chi connectivity index (χ3v) is 9.36. The highest BCUT2D eigenvalue weighted by molar-refractivity contribution is 7.85. The van der Waals surface area contributed by atoms with Crippen LogP contribution in [-0.2, 0) is 12.8 Å². The summed E-state index contributed by atoms with van der Waals surface area (Å²) in [6.07, 6.45) is 1.77. The van der Waals surface area contributed by atoms with Crippen molar-refractivity contribution in [3.05, 3.63) is 51.4 Å². The molecule has 0 aliphatic rings. The molecule has 3 rings (SSSR count). The Hall–Kier alpha value is 0.460. The SMILES string of the molecule is S=c1sc(S)c(Cc2cccc(Cc3sc(=S)sc3S)c2)s1. The minimum Gasteiger partial charge on any atom is -0.132 e. The minimum atomic E-state index is 0.886. The van der Waals surface area contributed by atoms with Crippen LogP contribution in [-0.4, -0.2) is 0 Å². The van der Waals surface area contributed by atoms with Crippen LogP contribution in [0.25, 0.3) is 0 Å². The Bertz CT molecular complexity index is 836. The quantitative estimate of drug-likeness (QED) is 0.330. The smallest absolute Gasteiger partial charge is 0.132 e. The van der Waals surface area contributed by atoms with E-state index in [4.69, 9.17) is 24.4 Å². The molecule has 0 amide bonds. The second kappa shape index (κ2) is 7.57. The van der Waals surface area contributed by atoms with Crippen LogP contribution in [0.4, 0.5) is 0 Å². The summed E-state index contributed by atoms with van der Waals surface area (Å²) in [5.41, 5.74) is 2.58. The monoisotopic (exact) mass is 434 g/mol. The van der Waals surface area contributed by atoms with E-state index in [1.165, 1.54) is 20.9 Å². The third-order valence-electron chi connectivity index (χ3n) is 2.97. The molecule has 0 spiro atoms. The van der Waals surface area contributed by atoms with E-state index in [1.807, 2.05) is 0 Å². The van der Waals surface area contributed by atoms with E-state index in [2.05, 4.69) is 49.5 Å². The Morgan fingerprint density at radius 3 is 1.59 bits per heavy atom. The van der Waals surface area contributed by atoms with Gasteiger partial charge in [-0.3, -0.25) is 0 Å². The third kappa shape index (κ3) is 4.30. The molecule has 0 atom stereocenters. The first-order valence-electron chi connectivity index (χ1n) is 6.22. The molecular weight excluding hydrogens is 425 g/mol. The molecule has 0 aliphatic heterocycles. The predicted octanol–water partition coefficient (Wildman–Crippen LogP) is 7.15. The van der Waals surface area contributed by atoms with Gasteiger partial charge in [0.2, 0.25) is 0 Å². The van der Waals surface area contributed by atoms with Crippen LogP contribution in [0.15, 0.2) is 32.7 Å². The van der Waals surface area contributed by atoms with Gasteiger partial charge in [0.15, 0.2) is 0 Å². The van der Waals surface area contributed by atoms with Crippen LogP contribution in [0.1, 0.15) is 20.9 Å². The zero-order valence-corrected chi connectivity index (χ0v) is 17.8. The van der Waals surface area contributed by atoms with Gasteiger partial charge in [0.25, 0.3) is 0 Å². The maximum absolute atomic E-state index is 5.24. The van der Waals surface area contributed by atoms with Gasteiger partial charge >= 0.3 is 0 Å². The number of hydrogen-bond donors (Lipinski definition) is 2. The molecule has 114 valence electrons. The molecule has 0 bridgehead atoms. The summed E-state index contributed by atoms with van der Waals surface area (Å²) in [5, 5.41) is 0. The summed E-state index contributed by atoms with van der Waals surface area (Å²) in [6.45, 7) is 0. The second-order valence-corrected chi connectivity index (χ2v) is 12.7. The van der Waals surface area contributed by atoms with Crippen LogP contribution in [0.2, 0.25) is 0 Å². The van der Waals surface area contributed by atoms with Crippen molar-refractivity contribution in [1.29, 1.82) is 0 Å². The van der Waals surface area contributed by atoms with Gasteiger partial charge in [-0.2, -0.15) is 0 Å². The fourth-order valence-electron chi connectivity index (χ4n) is 2.05. The zero-order valence-electron chi connectivity index (χ0n) is 11.1. The van der Waals surface area contributed by atoms with Crippen molar-refractivity contribution in [1.82, 2.24) is 0 Å². The molecule has 0 nitrogen and oxygen atoms in total. The Morgan fingerprint density at radius 1 is 0.773 bits per heavy atom. The molecule has 3 aromatic rings. The van der Waals surface area contributed by atoms with Crippen molar-refractivity contribution >= 4 is 95.0 Å². The summed E-state index contributed by atoms with van der Waals surface area (Å²) in [7, 11) is 0. The maximum atomic E-state index is 5.24. The Morgan fingerprint density at radius 2 is 1.23 bits per heavy atom. The highest BCUT2D eigenvalue weighted by Gasteiger charge is 2.08. The van der Waals surface area contributed by atoms with Crippen molar-refractivity contribution in [2.75, 3.05) is 0 Å². The molecular formula is C14H10S8. The standard InChI is InChI=1S/C14H10S8/c15-11-9(19-13(17)21-11)5-7-2-1-3-8(4-7)6-10-12(16)22-14(18)20-10/h1-4,15-16H,5-6H2. The molecule has 1 aromatic carbocycles. The second-order valence-electron chi connectivity index (χ2n) is 4.54. The van der Waals surface area contributed by atoms with Crippen LogP contribution >= 0.6 is 95.0 Å². The lowest BCUT2D eigenvalue weighted by atomic mass is 10.1. The van der Waals surface area contributed by atoms with Gasteiger partial charge in [-0.05, 0) is 11.1 Å². The lowest BCUT2D eigenvalue weighted by Crippen LogP contribution is -1.90. The molecule has 0 saturated heterocycles. The molecule has 0 unspecified atom stereocenters. The van der Waals surface area contributed by atoms with E-state index in [1.54, 1.807) is 45.3 Å². The fourth-order valence-corrected chi connectivity index (χ4v) is 8.55. The van der Waals surface area contributed by atoms with E-state index >= 15 is 0 Å². The summed E-state index contributed by atoms with van der Waals surface area (Å²) in [4.78, 5) is 2.49. The van der Waals surface area contributed by atoms with Gasteiger partial charge in [-0.25, -0.2) is 0 Å². The maximum Gasteiger partial charge on any atom is 0.145 e. The minimum absolute atomic E-state index is 0.886. The molecule has 0 radical (unpaired) electrons. The van der Waals surface area contributed by atoms with E-state index in [9.17, 15) is 0 Å². The van der Waals surface area contributed by atoms with Crippen molar-refractivity contribution < 1.29 is 0 Å². The molecule has 22 heavy (non-hydrogen) atoms. The van der Waals surface area contributed by atoms with Gasteiger partial charge in [0.05, 0.1) is 8.42 Å². The summed E-state index contributed by atoms with van der Waals surface area (Å²) in [5.74, 6) is 0. The van der Waals surface area contributed by atoms with Crippen molar-refractivity contribution in [3.8, 4) is 0 Å². The average Bonchev–Trinajstić information content (AvgIpc) is 2.92. The summed E-state index contributed by atoms with van der Waals surface area (Å²) >= 11 is 26.0. The Balaban J connectivity index is 1.83. The molecule has 0 saturated carbocycles. The van der Waals surface area contributed by atoms with Crippen molar-refractivity contribution in [3.63, 3.8) is 0 Å². The van der Waals surface area contributed by atoms with Gasteiger partial charge in [0, 0.05) is 22.6 Å². The lowest BCUT2D eigenvalue weighted by Gasteiger charge is -2.04. The van der Waals surface area contributed by atoms with E-state index < -0.39 is 0 Å². The number of thiol groups is 2. The van der Waals surface area contributed by atoms with Crippen LogP contribution < -0.4 is 0 Å². The zero-order chi connectivity index (χ0) is 15.7. The number of rotatable bonds is 4. The van der Waals surface area contributed by atoms with E-state index in [0.717, 1.165) is 27.5 Å². The highest BCUT2D eigenvalue weighted by atomic mass is 32.2. The number of benzene rings is 1. The molecule has 0 N–H and O–H groups in total. The van der Waals surface area contributed by atoms with Crippen LogP contribution in [0.3, 0.4) is 0 Å². The Kier molecular flexibility index (Phi) is 5.94. The first-order chi connectivity index (χ1) is 10.5. The fraction of sp³-hybridized carbons (Fsp3) is 0.143. The van der Waals surface area contributed by atoms with Gasteiger partial charge < -0.3 is 0 Å². The van der Waals surface area contributed by atoms with Gasteiger partial charge in [0.1, 0.15) is 6.28 Å². The molecule has 0 fully saturated rings. The first kappa shape index (κ1) is 17.3.